The van der Waals surface area contributed by atoms with E-state index < -0.39 is 0 Å². The molecule has 0 amide bonds. The fourth-order valence-electron chi connectivity index (χ4n) is 3.30. The molecule has 4 rings (SSSR count). The second kappa shape index (κ2) is 7.72. The van der Waals surface area contributed by atoms with Crippen LogP contribution in [0.25, 0.3) is 17.0 Å². The molecule has 3 aromatic rings. The Balaban J connectivity index is 0.00000210. The van der Waals surface area contributed by atoms with Crippen molar-refractivity contribution in [1.29, 1.82) is 5.26 Å². The molecule has 3 heterocycles. The lowest BCUT2D eigenvalue weighted by atomic mass is 10.1. The summed E-state index contributed by atoms with van der Waals surface area (Å²) in [5.41, 5.74) is 1.87. The average Bonchev–Trinajstić information content (AvgIpc) is 3.35. The lowest BCUT2D eigenvalue weighted by Crippen LogP contribution is -2.19. The minimum atomic E-state index is 0. The summed E-state index contributed by atoms with van der Waals surface area (Å²) < 4.78 is 12.6. The Morgan fingerprint density at radius 2 is 1.81 bits per heavy atom. The van der Waals surface area contributed by atoms with Gasteiger partial charge in [0.05, 0.1) is 25.5 Å². The second-order valence-electron chi connectivity index (χ2n) is 6.18. The van der Waals surface area contributed by atoms with Crippen molar-refractivity contribution in [2.24, 2.45) is 0 Å². The molecule has 27 heavy (non-hydrogen) atoms. The number of anilines is 1. The highest BCUT2D eigenvalue weighted by Gasteiger charge is 2.17. The third kappa shape index (κ3) is 3.36. The van der Waals surface area contributed by atoms with Gasteiger partial charge in [0.15, 0.2) is 0 Å². The summed E-state index contributed by atoms with van der Waals surface area (Å²) in [5, 5.41) is 9.37. The van der Waals surface area contributed by atoms with Crippen molar-refractivity contribution in [2.75, 3.05) is 32.2 Å². The van der Waals surface area contributed by atoms with Gasteiger partial charge in [0.2, 0.25) is 5.78 Å². The van der Waals surface area contributed by atoms with E-state index in [4.69, 9.17) is 9.47 Å². The number of ether oxygens (including phenoxy) is 2. The molecule has 0 atom stereocenters. The van der Waals surface area contributed by atoms with E-state index in [-0.39, 0.29) is 12.4 Å². The van der Waals surface area contributed by atoms with Gasteiger partial charge in [0.1, 0.15) is 23.4 Å². The van der Waals surface area contributed by atoms with Crippen LogP contribution in [-0.2, 0) is 0 Å². The van der Waals surface area contributed by atoms with Crippen LogP contribution in [0, 0.1) is 11.3 Å². The maximum Gasteiger partial charge on any atom is 0.236 e. The summed E-state index contributed by atoms with van der Waals surface area (Å²) in [4.78, 5) is 11.6. The Morgan fingerprint density at radius 1 is 1.07 bits per heavy atom. The highest BCUT2D eigenvalue weighted by Crippen LogP contribution is 2.35. The van der Waals surface area contributed by atoms with Crippen LogP contribution in [0.4, 0.5) is 5.82 Å². The molecule has 1 aliphatic rings. The highest BCUT2D eigenvalue weighted by molar-refractivity contribution is 5.85. The lowest BCUT2D eigenvalue weighted by Gasteiger charge is -2.15. The second-order valence-corrected chi connectivity index (χ2v) is 6.18. The number of hydrogen-bond donors (Lipinski definition) is 0. The molecule has 0 aliphatic carbocycles. The number of benzene rings is 1. The molecule has 0 spiro atoms. The number of hydrogen-bond acceptors (Lipinski definition) is 6. The van der Waals surface area contributed by atoms with Crippen molar-refractivity contribution in [3.8, 4) is 28.8 Å². The molecule has 140 valence electrons. The largest absolute Gasteiger partial charge is 0.496 e. The van der Waals surface area contributed by atoms with E-state index in [9.17, 15) is 5.26 Å². The van der Waals surface area contributed by atoms with Crippen LogP contribution in [-0.4, -0.2) is 41.7 Å². The molecule has 7 nitrogen and oxygen atoms in total. The number of aromatic nitrogens is 3. The molecule has 0 saturated carbocycles. The van der Waals surface area contributed by atoms with Crippen LogP contribution in [0.15, 0.2) is 30.6 Å². The Morgan fingerprint density at radius 3 is 2.48 bits per heavy atom. The highest BCUT2D eigenvalue weighted by atomic mass is 35.5. The molecule has 0 unspecified atom stereocenters. The molecule has 2 aromatic heterocycles. The Hall–Kier alpha value is -2.98. The topological polar surface area (TPSA) is 75.7 Å². The minimum absolute atomic E-state index is 0. The maximum absolute atomic E-state index is 9.37. The number of rotatable bonds is 4. The van der Waals surface area contributed by atoms with E-state index in [1.165, 1.54) is 20.0 Å². The number of nitrogens with zero attached hydrogens (tertiary/aromatic N) is 5. The number of methoxy groups -OCH3 is 2. The summed E-state index contributed by atoms with van der Waals surface area (Å²) in [5.74, 6) is 2.66. The monoisotopic (exact) mass is 385 g/mol. The quantitative estimate of drug-likeness (QED) is 0.685. The smallest absolute Gasteiger partial charge is 0.236 e. The van der Waals surface area contributed by atoms with Gasteiger partial charge in [0.25, 0.3) is 0 Å². The van der Waals surface area contributed by atoms with Crippen LogP contribution < -0.4 is 14.4 Å². The number of fused-ring (bicyclic) bond motifs is 1. The molecule has 1 aliphatic heterocycles. The van der Waals surface area contributed by atoms with Crippen LogP contribution in [0.3, 0.4) is 0 Å². The summed E-state index contributed by atoms with van der Waals surface area (Å²) in [6.07, 6.45) is 6.26. The predicted octanol–water partition coefficient (Wildman–Crippen LogP) is 3.31. The van der Waals surface area contributed by atoms with Gasteiger partial charge in [-0.1, -0.05) is 0 Å². The summed E-state index contributed by atoms with van der Waals surface area (Å²) >= 11 is 0. The number of nitriles is 1. The van der Waals surface area contributed by atoms with Crippen molar-refractivity contribution in [3.63, 3.8) is 0 Å². The predicted molar refractivity (Wildman–Crippen MR) is 105 cm³/mol. The molecule has 0 N–H and O–H groups in total. The van der Waals surface area contributed by atoms with Crippen molar-refractivity contribution in [3.05, 3.63) is 36.2 Å². The van der Waals surface area contributed by atoms with Crippen LogP contribution >= 0.6 is 12.4 Å². The standard InChI is InChI=1S/C19H19N5O2.ClH/c1-25-16-10-17(26-2)14(9-13(16)11-20)15-12-24-8-5-18(22-19(24)21-15)23-6-3-4-7-23;/h5,8-10,12H,3-4,6-7H2,1-2H3;1H. The minimum Gasteiger partial charge on any atom is -0.496 e. The molecule has 0 radical (unpaired) electrons. The molecular formula is C19H20ClN5O2. The summed E-state index contributed by atoms with van der Waals surface area (Å²) in [7, 11) is 3.12. The van der Waals surface area contributed by atoms with E-state index in [1.54, 1.807) is 19.2 Å². The van der Waals surface area contributed by atoms with Crippen LogP contribution in [0.5, 0.6) is 11.5 Å². The van der Waals surface area contributed by atoms with E-state index in [2.05, 4.69) is 20.9 Å². The van der Waals surface area contributed by atoms with Gasteiger partial charge in [-0.2, -0.15) is 10.2 Å². The van der Waals surface area contributed by atoms with Crippen molar-refractivity contribution in [2.45, 2.75) is 12.8 Å². The average molecular weight is 386 g/mol. The normalized spacial score (nSPS) is 13.3. The third-order valence-electron chi connectivity index (χ3n) is 4.66. The zero-order valence-electron chi connectivity index (χ0n) is 15.2. The van der Waals surface area contributed by atoms with Crippen molar-refractivity contribution < 1.29 is 9.47 Å². The third-order valence-corrected chi connectivity index (χ3v) is 4.66. The fourth-order valence-corrected chi connectivity index (χ4v) is 3.30. The Kier molecular flexibility index (Phi) is 5.38. The summed E-state index contributed by atoms with van der Waals surface area (Å²) in [6.45, 7) is 2.07. The number of imidazole rings is 1. The van der Waals surface area contributed by atoms with E-state index in [0.717, 1.165) is 24.5 Å². The summed E-state index contributed by atoms with van der Waals surface area (Å²) in [6, 6.07) is 7.61. The Bertz CT molecular complexity index is 1010. The first-order valence-corrected chi connectivity index (χ1v) is 8.50. The molecule has 1 aromatic carbocycles. The maximum atomic E-state index is 9.37. The molecular weight excluding hydrogens is 366 g/mol. The lowest BCUT2D eigenvalue weighted by molar-refractivity contribution is 0.394. The molecule has 8 heteroatoms. The van der Waals surface area contributed by atoms with Gasteiger partial charge in [-0.15, -0.1) is 12.4 Å². The van der Waals surface area contributed by atoms with Gasteiger partial charge >= 0.3 is 0 Å². The molecule has 0 bridgehead atoms. The van der Waals surface area contributed by atoms with E-state index >= 15 is 0 Å². The van der Waals surface area contributed by atoms with Gasteiger partial charge in [0, 0.05) is 37.1 Å². The first kappa shape index (κ1) is 18.8. The molecule has 1 saturated heterocycles. The van der Waals surface area contributed by atoms with Crippen LogP contribution in [0.1, 0.15) is 18.4 Å². The Labute approximate surface area is 163 Å². The van der Waals surface area contributed by atoms with Crippen molar-refractivity contribution in [1.82, 2.24) is 14.4 Å². The van der Waals surface area contributed by atoms with Gasteiger partial charge < -0.3 is 14.4 Å². The zero-order chi connectivity index (χ0) is 18.1. The van der Waals surface area contributed by atoms with E-state index in [1.807, 2.05) is 22.9 Å². The first-order chi connectivity index (χ1) is 12.7. The van der Waals surface area contributed by atoms with Gasteiger partial charge in [-0.25, -0.2) is 4.98 Å². The SMILES string of the molecule is COc1cc(OC)c(-c2cn3ccc(N4CCCC4)nc3n2)cc1C#N.Cl. The van der Waals surface area contributed by atoms with Crippen molar-refractivity contribution >= 4 is 24.0 Å². The van der Waals surface area contributed by atoms with E-state index in [0.29, 0.717) is 28.5 Å². The fraction of sp³-hybridized carbons (Fsp3) is 0.316. The van der Waals surface area contributed by atoms with Crippen LogP contribution in [0.2, 0.25) is 0 Å². The molecule has 1 fully saturated rings. The van der Waals surface area contributed by atoms with Gasteiger partial charge in [-0.05, 0) is 25.0 Å². The number of halogens is 1. The van der Waals surface area contributed by atoms with Gasteiger partial charge in [-0.3, -0.25) is 4.40 Å². The zero-order valence-corrected chi connectivity index (χ0v) is 16.0. The first-order valence-electron chi connectivity index (χ1n) is 8.50.